The van der Waals surface area contributed by atoms with E-state index in [1.165, 1.54) is 0 Å². The van der Waals surface area contributed by atoms with E-state index in [1.54, 1.807) is 7.11 Å². The Morgan fingerprint density at radius 3 is 2.40 bits per heavy atom. The van der Waals surface area contributed by atoms with Crippen LogP contribution in [-0.2, 0) is 4.74 Å². The van der Waals surface area contributed by atoms with Crippen LogP contribution in [0.4, 0.5) is 0 Å². The number of ketones is 1. The fraction of sp³-hybridized carbons (Fsp3) is 0.588. The average Bonchev–Trinajstić information content (AvgIpc) is 2.90. The van der Waals surface area contributed by atoms with E-state index in [4.69, 9.17) is 9.47 Å². The van der Waals surface area contributed by atoms with Crippen molar-refractivity contribution in [3.63, 3.8) is 0 Å². The van der Waals surface area contributed by atoms with Gasteiger partial charge in [-0.05, 0) is 69.7 Å². The quantitative estimate of drug-likeness (QED) is 0.766. The summed E-state index contributed by atoms with van der Waals surface area (Å²) >= 11 is 0. The lowest BCUT2D eigenvalue weighted by Gasteiger charge is -2.28. The van der Waals surface area contributed by atoms with Crippen molar-refractivity contribution in [1.82, 2.24) is 0 Å². The molecule has 0 saturated heterocycles. The number of aryl methyl sites for hydroxylation is 2. The second-order valence-electron chi connectivity index (χ2n) is 5.60. The molecule has 3 nitrogen and oxygen atoms in total. The van der Waals surface area contributed by atoms with Crippen molar-refractivity contribution in [1.29, 1.82) is 0 Å². The Morgan fingerprint density at radius 1 is 1.20 bits per heavy atom. The molecule has 110 valence electrons. The van der Waals surface area contributed by atoms with E-state index < -0.39 is 5.60 Å². The minimum Gasteiger partial charge on any atom is -0.496 e. The molecule has 0 amide bonds. The summed E-state index contributed by atoms with van der Waals surface area (Å²) in [7, 11) is 1.65. The minimum absolute atomic E-state index is 0.139. The number of carbonyl (C=O) groups is 1. The van der Waals surface area contributed by atoms with Crippen LogP contribution in [-0.4, -0.2) is 25.1 Å². The number of hydrogen-bond donors (Lipinski definition) is 0. The van der Waals surface area contributed by atoms with Gasteiger partial charge in [0.1, 0.15) is 11.4 Å². The number of hydrogen-bond acceptors (Lipinski definition) is 3. The van der Waals surface area contributed by atoms with Crippen molar-refractivity contribution in [2.45, 2.75) is 52.1 Å². The zero-order valence-corrected chi connectivity index (χ0v) is 12.9. The van der Waals surface area contributed by atoms with Crippen molar-refractivity contribution in [3.8, 4) is 5.75 Å². The Kier molecular flexibility index (Phi) is 4.48. The maximum Gasteiger partial charge on any atom is 0.194 e. The Labute approximate surface area is 121 Å². The highest BCUT2D eigenvalue weighted by atomic mass is 16.5. The molecule has 1 saturated carbocycles. The number of ether oxygens (including phenoxy) is 2. The van der Waals surface area contributed by atoms with Gasteiger partial charge < -0.3 is 9.47 Å². The molecule has 1 aliphatic rings. The first-order chi connectivity index (χ1) is 9.54. The maximum absolute atomic E-state index is 13.0. The fourth-order valence-corrected chi connectivity index (χ4v) is 3.16. The predicted octanol–water partition coefficient (Wildman–Crippen LogP) is 3.84. The van der Waals surface area contributed by atoms with Crippen LogP contribution in [0.5, 0.6) is 5.75 Å². The van der Waals surface area contributed by atoms with Gasteiger partial charge in [0.25, 0.3) is 0 Å². The van der Waals surface area contributed by atoms with E-state index in [0.717, 1.165) is 48.1 Å². The van der Waals surface area contributed by atoms with Gasteiger partial charge in [0.05, 0.1) is 7.11 Å². The Balaban J connectivity index is 2.39. The predicted molar refractivity (Wildman–Crippen MR) is 79.6 cm³/mol. The van der Waals surface area contributed by atoms with E-state index in [9.17, 15) is 4.79 Å². The third-order valence-electron chi connectivity index (χ3n) is 4.23. The Hall–Kier alpha value is -1.35. The molecular formula is C17H24O3. The molecule has 0 N–H and O–H groups in total. The summed E-state index contributed by atoms with van der Waals surface area (Å²) in [5.74, 6) is 0.969. The molecular weight excluding hydrogens is 252 g/mol. The fourth-order valence-electron chi connectivity index (χ4n) is 3.16. The van der Waals surface area contributed by atoms with Crippen molar-refractivity contribution in [3.05, 3.63) is 28.8 Å². The molecule has 3 heteroatoms. The summed E-state index contributed by atoms with van der Waals surface area (Å²) in [5, 5.41) is 0. The van der Waals surface area contributed by atoms with Crippen molar-refractivity contribution in [2.24, 2.45) is 0 Å². The van der Waals surface area contributed by atoms with Crippen LogP contribution >= 0.6 is 0 Å². The molecule has 0 aromatic heterocycles. The zero-order valence-electron chi connectivity index (χ0n) is 12.9. The van der Waals surface area contributed by atoms with Gasteiger partial charge in [0.2, 0.25) is 0 Å². The van der Waals surface area contributed by atoms with Gasteiger partial charge >= 0.3 is 0 Å². The van der Waals surface area contributed by atoms with Gasteiger partial charge in [0.15, 0.2) is 5.78 Å². The number of Topliss-reactive ketones (excluding diaryl/α,β-unsaturated/α-hetero) is 1. The van der Waals surface area contributed by atoms with E-state index in [-0.39, 0.29) is 5.78 Å². The summed E-state index contributed by atoms with van der Waals surface area (Å²) in [4.78, 5) is 13.0. The average molecular weight is 276 g/mol. The van der Waals surface area contributed by atoms with Crippen LogP contribution in [0.3, 0.4) is 0 Å². The smallest absolute Gasteiger partial charge is 0.194 e. The van der Waals surface area contributed by atoms with Crippen molar-refractivity contribution < 1.29 is 14.3 Å². The second-order valence-corrected chi connectivity index (χ2v) is 5.60. The number of benzene rings is 1. The third kappa shape index (κ3) is 2.59. The molecule has 1 aliphatic carbocycles. The molecule has 0 radical (unpaired) electrons. The molecule has 0 unspecified atom stereocenters. The molecule has 20 heavy (non-hydrogen) atoms. The SMILES string of the molecule is CCOC1(C(=O)c2cc(C)c(OC)cc2C)CCCC1. The van der Waals surface area contributed by atoms with E-state index in [1.807, 2.05) is 32.9 Å². The maximum atomic E-state index is 13.0. The second kappa shape index (κ2) is 5.96. The first-order valence-electron chi connectivity index (χ1n) is 7.38. The lowest BCUT2D eigenvalue weighted by atomic mass is 9.88. The lowest BCUT2D eigenvalue weighted by Crippen LogP contribution is -2.39. The van der Waals surface area contributed by atoms with Gasteiger partial charge in [-0.2, -0.15) is 0 Å². The summed E-state index contributed by atoms with van der Waals surface area (Å²) in [5.41, 5.74) is 2.13. The molecule has 0 atom stereocenters. The minimum atomic E-state index is -0.597. The number of rotatable bonds is 5. The Morgan fingerprint density at radius 2 is 1.85 bits per heavy atom. The summed E-state index contributed by atoms with van der Waals surface area (Å²) in [6.45, 7) is 6.47. The van der Waals surface area contributed by atoms with Crippen molar-refractivity contribution in [2.75, 3.05) is 13.7 Å². The van der Waals surface area contributed by atoms with E-state index in [2.05, 4.69) is 0 Å². The summed E-state index contributed by atoms with van der Waals surface area (Å²) in [6, 6.07) is 3.88. The molecule has 1 aromatic rings. The number of methoxy groups -OCH3 is 1. The van der Waals surface area contributed by atoms with E-state index >= 15 is 0 Å². The zero-order chi connectivity index (χ0) is 14.8. The van der Waals surface area contributed by atoms with Gasteiger partial charge in [-0.3, -0.25) is 4.79 Å². The van der Waals surface area contributed by atoms with Gasteiger partial charge in [-0.1, -0.05) is 0 Å². The van der Waals surface area contributed by atoms with Gasteiger partial charge in [-0.25, -0.2) is 0 Å². The molecule has 0 heterocycles. The molecule has 1 aromatic carbocycles. The van der Waals surface area contributed by atoms with Crippen LogP contribution < -0.4 is 4.74 Å². The van der Waals surface area contributed by atoms with Crippen molar-refractivity contribution >= 4 is 5.78 Å². The summed E-state index contributed by atoms with van der Waals surface area (Å²) < 4.78 is 11.2. The van der Waals surface area contributed by atoms with E-state index in [0.29, 0.717) is 6.61 Å². The lowest BCUT2D eigenvalue weighted by molar-refractivity contribution is -0.0164. The third-order valence-corrected chi connectivity index (χ3v) is 4.23. The monoisotopic (exact) mass is 276 g/mol. The first-order valence-corrected chi connectivity index (χ1v) is 7.38. The topological polar surface area (TPSA) is 35.5 Å². The largest absolute Gasteiger partial charge is 0.496 e. The van der Waals surface area contributed by atoms with Crippen LogP contribution in [0.25, 0.3) is 0 Å². The number of carbonyl (C=O) groups excluding carboxylic acids is 1. The van der Waals surface area contributed by atoms with Crippen LogP contribution in [0, 0.1) is 13.8 Å². The highest BCUT2D eigenvalue weighted by molar-refractivity contribution is 6.04. The first kappa shape index (κ1) is 15.0. The molecule has 1 fully saturated rings. The normalized spacial score (nSPS) is 17.2. The molecule has 0 aliphatic heterocycles. The van der Waals surface area contributed by atoms with Gasteiger partial charge in [0, 0.05) is 12.2 Å². The molecule has 0 bridgehead atoms. The Bertz CT molecular complexity index is 499. The highest BCUT2D eigenvalue weighted by Crippen LogP contribution is 2.37. The summed E-state index contributed by atoms with van der Waals surface area (Å²) in [6.07, 6.45) is 3.81. The van der Waals surface area contributed by atoms with Gasteiger partial charge in [-0.15, -0.1) is 0 Å². The van der Waals surface area contributed by atoms with Crippen LogP contribution in [0.1, 0.15) is 54.1 Å². The molecule has 2 rings (SSSR count). The van der Waals surface area contributed by atoms with Crippen LogP contribution in [0.15, 0.2) is 12.1 Å². The molecule has 0 spiro atoms. The highest BCUT2D eigenvalue weighted by Gasteiger charge is 2.42. The standard InChI is InChI=1S/C17H24O3/c1-5-20-17(8-6-7-9-17)16(18)14-10-13(3)15(19-4)11-12(14)2/h10-11H,5-9H2,1-4H3. The van der Waals surface area contributed by atoms with Crippen LogP contribution in [0.2, 0.25) is 0 Å².